The van der Waals surface area contributed by atoms with Crippen LogP contribution in [0.5, 0.6) is 0 Å². The number of urea groups is 1. The molecule has 0 aromatic heterocycles. The smallest absolute Gasteiger partial charge is 0.320 e. The Hall–Kier alpha value is -1.34. The number of hydrogen-bond donors (Lipinski definition) is 0. The van der Waals surface area contributed by atoms with Gasteiger partial charge in [0.05, 0.1) is 0 Å². The monoisotopic (exact) mass is 573 g/mol. The second-order valence-corrected chi connectivity index (χ2v) is 14.8. The number of carbonyl (C=O) groups is 2. The summed E-state index contributed by atoms with van der Waals surface area (Å²) in [6.45, 7) is 23.8. The second kappa shape index (κ2) is 15.4. The zero-order valence-electron chi connectivity index (χ0n) is 27.5. The molecule has 4 aliphatic rings. The third-order valence-corrected chi connectivity index (χ3v) is 11.5. The SMILES string of the molecule is CC(C)C1CCN(C(=O)N2CCN(C(C)CCC(C)C3CCN(C(=O)CC4CCN(C(C)C)CC4)CC3)CC2)CC1. The number of nitrogens with zero attached hydrogens (tertiary/aromatic N) is 5. The van der Waals surface area contributed by atoms with Crippen molar-refractivity contribution < 1.29 is 9.59 Å². The van der Waals surface area contributed by atoms with Crippen molar-refractivity contribution in [2.24, 2.45) is 29.6 Å². The van der Waals surface area contributed by atoms with Crippen LogP contribution in [0.3, 0.4) is 0 Å². The molecule has 0 aromatic carbocycles. The van der Waals surface area contributed by atoms with Gasteiger partial charge in [0, 0.05) is 70.9 Å². The Balaban J connectivity index is 1.09. The maximum absolute atomic E-state index is 13.1. The summed E-state index contributed by atoms with van der Waals surface area (Å²) in [4.78, 5) is 37.7. The van der Waals surface area contributed by atoms with E-state index < -0.39 is 0 Å². The average molecular weight is 574 g/mol. The molecule has 236 valence electrons. The number of piperidine rings is 3. The first-order valence-electron chi connectivity index (χ1n) is 17.4. The number of rotatable bonds is 9. The lowest BCUT2D eigenvalue weighted by atomic mass is 9.82. The van der Waals surface area contributed by atoms with Crippen LogP contribution in [0.2, 0.25) is 0 Å². The average Bonchev–Trinajstić information content (AvgIpc) is 2.99. The fraction of sp³-hybridized carbons (Fsp3) is 0.941. The van der Waals surface area contributed by atoms with Crippen LogP contribution >= 0.6 is 0 Å². The first-order chi connectivity index (χ1) is 19.6. The first kappa shape index (κ1) is 32.6. The van der Waals surface area contributed by atoms with Crippen LogP contribution in [0.1, 0.15) is 99.3 Å². The van der Waals surface area contributed by atoms with Gasteiger partial charge in [-0.25, -0.2) is 4.79 Å². The summed E-state index contributed by atoms with van der Waals surface area (Å²) in [6, 6.07) is 1.47. The van der Waals surface area contributed by atoms with E-state index >= 15 is 0 Å². The van der Waals surface area contributed by atoms with Crippen LogP contribution in [0, 0.1) is 29.6 Å². The lowest BCUT2D eigenvalue weighted by molar-refractivity contribution is -0.134. The van der Waals surface area contributed by atoms with E-state index in [1.807, 2.05) is 0 Å². The van der Waals surface area contributed by atoms with Crippen LogP contribution < -0.4 is 0 Å². The van der Waals surface area contributed by atoms with Crippen molar-refractivity contribution in [2.75, 3.05) is 65.4 Å². The second-order valence-electron chi connectivity index (χ2n) is 14.8. The topological polar surface area (TPSA) is 50.3 Å². The summed E-state index contributed by atoms with van der Waals surface area (Å²) in [7, 11) is 0. The molecule has 2 unspecified atom stereocenters. The van der Waals surface area contributed by atoms with Crippen molar-refractivity contribution >= 4 is 11.9 Å². The van der Waals surface area contributed by atoms with Gasteiger partial charge in [-0.15, -0.1) is 0 Å². The Labute approximate surface area is 252 Å². The Kier molecular flexibility index (Phi) is 12.2. The summed E-state index contributed by atoms with van der Waals surface area (Å²) in [5.41, 5.74) is 0. The zero-order valence-corrected chi connectivity index (χ0v) is 27.5. The van der Waals surface area contributed by atoms with E-state index in [0.717, 1.165) is 102 Å². The Morgan fingerprint density at radius 3 is 1.68 bits per heavy atom. The highest BCUT2D eigenvalue weighted by molar-refractivity contribution is 5.76. The molecule has 3 amide bonds. The van der Waals surface area contributed by atoms with Gasteiger partial charge >= 0.3 is 6.03 Å². The summed E-state index contributed by atoms with van der Waals surface area (Å²) in [6.07, 6.45) is 10.3. The third kappa shape index (κ3) is 9.08. The van der Waals surface area contributed by atoms with Crippen LogP contribution in [0.25, 0.3) is 0 Å². The summed E-state index contributed by atoms with van der Waals surface area (Å²) in [5, 5.41) is 0. The van der Waals surface area contributed by atoms with Crippen molar-refractivity contribution in [3.63, 3.8) is 0 Å². The van der Waals surface area contributed by atoms with Gasteiger partial charge in [0.25, 0.3) is 0 Å². The van der Waals surface area contributed by atoms with Crippen molar-refractivity contribution in [2.45, 2.75) is 111 Å². The molecule has 0 radical (unpaired) electrons. The molecule has 41 heavy (non-hydrogen) atoms. The highest BCUT2D eigenvalue weighted by Gasteiger charge is 2.32. The van der Waals surface area contributed by atoms with Gasteiger partial charge < -0.3 is 19.6 Å². The minimum absolute atomic E-state index is 0.273. The zero-order chi connectivity index (χ0) is 29.5. The fourth-order valence-electron chi connectivity index (χ4n) is 8.00. The van der Waals surface area contributed by atoms with Gasteiger partial charge in [0.2, 0.25) is 5.91 Å². The van der Waals surface area contributed by atoms with Crippen LogP contribution in [-0.4, -0.2) is 114 Å². The molecule has 4 fully saturated rings. The highest BCUT2D eigenvalue weighted by Crippen LogP contribution is 2.31. The molecule has 0 spiro atoms. The quantitative estimate of drug-likeness (QED) is 0.358. The van der Waals surface area contributed by atoms with E-state index in [1.54, 1.807) is 0 Å². The minimum Gasteiger partial charge on any atom is -0.343 e. The Morgan fingerprint density at radius 1 is 0.585 bits per heavy atom. The maximum atomic E-state index is 13.1. The summed E-state index contributed by atoms with van der Waals surface area (Å²) >= 11 is 0. The van der Waals surface area contributed by atoms with Crippen molar-refractivity contribution in [3.8, 4) is 0 Å². The van der Waals surface area contributed by atoms with E-state index in [9.17, 15) is 9.59 Å². The van der Waals surface area contributed by atoms with Gasteiger partial charge in [-0.3, -0.25) is 9.69 Å². The highest BCUT2D eigenvalue weighted by atomic mass is 16.2. The molecular formula is C34H63N5O2. The lowest BCUT2D eigenvalue weighted by Crippen LogP contribution is -2.55. The standard InChI is InChI=1S/C34H63N5O2/c1-26(2)31-11-19-38(20-12-31)34(41)39-23-21-36(22-24-39)29(6)8-7-28(5)32-13-17-37(18-14-32)33(40)25-30-9-15-35(16-10-30)27(3)4/h26-32H,7-25H2,1-6H3. The van der Waals surface area contributed by atoms with E-state index in [-0.39, 0.29) is 6.03 Å². The fourth-order valence-corrected chi connectivity index (χ4v) is 8.00. The molecule has 0 saturated carbocycles. The third-order valence-electron chi connectivity index (χ3n) is 11.5. The van der Waals surface area contributed by atoms with Gasteiger partial charge in [-0.1, -0.05) is 20.8 Å². The molecule has 7 nitrogen and oxygen atoms in total. The number of piperazine rings is 1. The molecular weight excluding hydrogens is 510 g/mol. The molecule has 0 N–H and O–H groups in total. The van der Waals surface area contributed by atoms with Gasteiger partial charge in [-0.2, -0.15) is 0 Å². The molecule has 7 heteroatoms. The van der Waals surface area contributed by atoms with Gasteiger partial charge in [-0.05, 0) is 115 Å². The predicted molar refractivity (Wildman–Crippen MR) is 169 cm³/mol. The first-order valence-corrected chi connectivity index (χ1v) is 17.4. The van der Waals surface area contributed by atoms with Gasteiger partial charge in [0.15, 0.2) is 0 Å². The number of amides is 3. The molecule has 2 atom stereocenters. The summed E-state index contributed by atoms with van der Waals surface area (Å²) < 4.78 is 0. The Morgan fingerprint density at radius 2 is 1.12 bits per heavy atom. The maximum Gasteiger partial charge on any atom is 0.320 e. The molecule has 4 rings (SSSR count). The van der Waals surface area contributed by atoms with Crippen molar-refractivity contribution in [3.05, 3.63) is 0 Å². The lowest BCUT2D eigenvalue weighted by Gasteiger charge is -2.42. The van der Waals surface area contributed by atoms with Crippen LogP contribution in [0.15, 0.2) is 0 Å². The minimum atomic E-state index is 0.273. The van der Waals surface area contributed by atoms with Gasteiger partial charge in [0.1, 0.15) is 0 Å². The van der Waals surface area contributed by atoms with E-state index in [0.29, 0.717) is 29.8 Å². The number of carbonyl (C=O) groups excluding carboxylic acids is 2. The molecule has 4 heterocycles. The normalized spacial score (nSPS) is 24.8. The van der Waals surface area contributed by atoms with E-state index in [2.05, 4.69) is 66.0 Å². The molecule has 0 aromatic rings. The molecule has 4 saturated heterocycles. The van der Waals surface area contributed by atoms with E-state index in [1.165, 1.54) is 38.5 Å². The van der Waals surface area contributed by atoms with E-state index in [4.69, 9.17) is 0 Å². The molecule has 4 aliphatic heterocycles. The predicted octanol–water partition coefficient (Wildman–Crippen LogP) is 5.65. The van der Waals surface area contributed by atoms with Crippen molar-refractivity contribution in [1.29, 1.82) is 0 Å². The van der Waals surface area contributed by atoms with Crippen LogP contribution in [0.4, 0.5) is 4.79 Å². The largest absolute Gasteiger partial charge is 0.343 e. The molecule has 0 aliphatic carbocycles. The van der Waals surface area contributed by atoms with Crippen molar-refractivity contribution in [1.82, 2.24) is 24.5 Å². The summed E-state index contributed by atoms with van der Waals surface area (Å²) in [5.74, 6) is 3.95. The van der Waals surface area contributed by atoms with Crippen LogP contribution in [-0.2, 0) is 4.79 Å². The molecule has 0 bridgehead atoms. The number of hydrogen-bond acceptors (Lipinski definition) is 4. The Bertz CT molecular complexity index is 802. The number of likely N-dealkylation sites (tertiary alicyclic amines) is 3.